The van der Waals surface area contributed by atoms with Crippen LogP contribution in [0.5, 0.6) is 0 Å². The average molecular weight is 372 g/mol. The maximum Gasteiger partial charge on any atom is 0.307 e. The fourth-order valence-electron chi connectivity index (χ4n) is 3.41. The molecule has 7 heteroatoms. The Bertz CT molecular complexity index is 748. The molecule has 0 saturated heterocycles. The second-order valence-corrected chi connectivity index (χ2v) is 6.89. The zero-order chi connectivity index (χ0) is 19.1. The molecule has 0 fully saturated rings. The van der Waals surface area contributed by atoms with Crippen LogP contribution in [0.3, 0.4) is 0 Å². The number of carbonyl (C=O) groups excluding carboxylic acids is 2. The van der Waals surface area contributed by atoms with Crippen molar-refractivity contribution in [3.8, 4) is 0 Å². The zero-order valence-corrected chi connectivity index (χ0v) is 15.9. The highest BCUT2D eigenvalue weighted by Crippen LogP contribution is 2.26. The van der Waals surface area contributed by atoms with Crippen LogP contribution in [0.1, 0.15) is 61.5 Å². The molecule has 0 radical (unpaired) electrons. The molecule has 7 nitrogen and oxygen atoms in total. The molecule has 27 heavy (non-hydrogen) atoms. The van der Waals surface area contributed by atoms with Crippen molar-refractivity contribution in [3.05, 3.63) is 34.9 Å². The highest BCUT2D eigenvalue weighted by molar-refractivity contribution is 5.93. The summed E-state index contributed by atoms with van der Waals surface area (Å²) in [5.41, 5.74) is 4.29. The molecule has 3 heterocycles. The van der Waals surface area contributed by atoms with Crippen molar-refractivity contribution in [2.24, 2.45) is 4.99 Å². The molecular formula is C20H28N4O3. The summed E-state index contributed by atoms with van der Waals surface area (Å²) in [7, 11) is 0. The summed E-state index contributed by atoms with van der Waals surface area (Å²) < 4.78 is 4.84. The quantitative estimate of drug-likeness (QED) is 0.611. The molecule has 0 bridgehead atoms. The van der Waals surface area contributed by atoms with Crippen LogP contribution in [0.4, 0.5) is 0 Å². The third kappa shape index (κ3) is 5.45. The number of ether oxygens (including phenoxy) is 1. The first kappa shape index (κ1) is 19.2. The number of aryl methyl sites for hydroxylation is 1. The monoisotopic (exact) mass is 372 g/mol. The predicted octanol–water partition coefficient (Wildman–Crippen LogP) is 2.46. The molecule has 0 aliphatic carbocycles. The van der Waals surface area contributed by atoms with Crippen LogP contribution in [-0.2, 0) is 16.0 Å². The van der Waals surface area contributed by atoms with Crippen molar-refractivity contribution in [2.45, 2.75) is 51.9 Å². The minimum Gasteiger partial charge on any atom is -0.466 e. The molecular weight excluding hydrogens is 344 g/mol. The minimum atomic E-state index is -0.302. The number of nitrogens with one attached hydrogen (secondary N) is 3. The number of amides is 1. The Morgan fingerprint density at radius 2 is 2.15 bits per heavy atom. The Morgan fingerprint density at radius 1 is 1.26 bits per heavy atom. The molecule has 0 unspecified atom stereocenters. The SMILES string of the molecule is CCOC(=O)CCNC(=O)c1cc(CCC2=NC3=C(CCCN3)CC2)c[nH]1. The highest BCUT2D eigenvalue weighted by Gasteiger charge is 2.18. The van der Waals surface area contributed by atoms with Crippen molar-refractivity contribution >= 4 is 17.6 Å². The summed E-state index contributed by atoms with van der Waals surface area (Å²) >= 11 is 0. The second kappa shape index (κ2) is 9.39. The van der Waals surface area contributed by atoms with Gasteiger partial charge >= 0.3 is 5.97 Å². The topological polar surface area (TPSA) is 95.6 Å². The molecule has 3 rings (SSSR count). The van der Waals surface area contributed by atoms with Gasteiger partial charge in [0.1, 0.15) is 11.5 Å². The third-order valence-electron chi connectivity index (χ3n) is 4.88. The third-order valence-corrected chi connectivity index (χ3v) is 4.88. The van der Waals surface area contributed by atoms with E-state index in [0.717, 1.165) is 43.6 Å². The maximum absolute atomic E-state index is 12.1. The van der Waals surface area contributed by atoms with Crippen molar-refractivity contribution in [1.29, 1.82) is 0 Å². The summed E-state index contributed by atoms with van der Waals surface area (Å²) in [4.78, 5) is 31.2. The Balaban J connectivity index is 1.45. The van der Waals surface area contributed by atoms with Gasteiger partial charge in [-0.25, -0.2) is 4.99 Å². The van der Waals surface area contributed by atoms with Gasteiger partial charge in [0.15, 0.2) is 0 Å². The van der Waals surface area contributed by atoms with Gasteiger partial charge in [-0.05, 0) is 62.7 Å². The lowest BCUT2D eigenvalue weighted by Gasteiger charge is -2.24. The average Bonchev–Trinajstić information content (AvgIpc) is 3.15. The predicted molar refractivity (Wildman–Crippen MR) is 104 cm³/mol. The van der Waals surface area contributed by atoms with Gasteiger partial charge in [-0.1, -0.05) is 0 Å². The first-order chi connectivity index (χ1) is 13.2. The number of esters is 1. The number of hydrogen-bond donors (Lipinski definition) is 3. The van der Waals surface area contributed by atoms with Crippen molar-refractivity contribution in [2.75, 3.05) is 19.7 Å². The van der Waals surface area contributed by atoms with E-state index < -0.39 is 0 Å². The van der Waals surface area contributed by atoms with E-state index in [-0.39, 0.29) is 24.8 Å². The molecule has 1 aromatic rings. The van der Waals surface area contributed by atoms with Crippen molar-refractivity contribution < 1.29 is 14.3 Å². The van der Waals surface area contributed by atoms with Crippen molar-refractivity contribution in [1.82, 2.24) is 15.6 Å². The lowest BCUT2D eigenvalue weighted by Crippen LogP contribution is -2.26. The van der Waals surface area contributed by atoms with Gasteiger partial charge in [0.2, 0.25) is 0 Å². The Hall–Kier alpha value is -2.57. The summed E-state index contributed by atoms with van der Waals surface area (Å²) in [6.07, 6.45) is 8.33. The lowest BCUT2D eigenvalue weighted by atomic mass is 9.95. The molecule has 1 aromatic heterocycles. The number of carbonyl (C=O) groups is 2. The van der Waals surface area contributed by atoms with E-state index >= 15 is 0 Å². The van der Waals surface area contributed by atoms with E-state index in [0.29, 0.717) is 12.3 Å². The number of hydrogen-bond acceptors (Lipinski definition) is 5. The number of aromatic nitrogens is 1. The van der Waals surface area contributed by atoms with Crippen molar-refractivity contribution in [3.63, 3.8) is 0 Å². The molecule has 2 aliphatic rings. The fourth-order valence-corrected chi connectivity index (χ4v) is 3.41. The van der Waals surface area contributed by atoms with Gasteiger partial charge in [-0.2, -0.15) is 0 Å². The molecule has 1 amide bonds. The van der Waals surface area contributed by atoms with Crippen LogP contribution in [0.25, 0.3) is 0 Å². The zero-order valence-electron chi connectivity index (χ0n) is 15.9. The molecule has 2 aliphatic heterocycles. The summed E-state index contributed by atoms with van der Waals surface area (Å²) in [5.74, 6) is 0.587. The Kier molecular flexibility index (Phi) is 6.68. The molecule has 0 spiro atoms. The smallest absolute Gasteiger partial charge is 0.307 e. The summed E-state index contributed by atoms with van der Waals surface area (Å²) in [6, 6.07) is 1.87. The normalized spacial score (nSPS) is 16.3. The number of H-pyrrole nitrogens is 1. The molecule has 0 atom stereocenters. The molecule has 0 aromatic carbocycles. The first-order valence-corrected chi connectivity index (χ1v) is 9.79. The highest BCUT2D eigenvalue weighted by atomic mass is 16.5. The number of nitrogens with zero attached hydrogens (tertiary/aromatic N) is 1. The molecule has 146 valence electrons. The van der Waals surface area contributed by atoms with Crippen LogP contribution in [0, 0.1) is 0 Å². The standard InChI is InChI=1S/C20H28N4O3/c1-2-27-18(25)9-11-22-20(26)17-12-14(13-23-17)5-7-16-8-6-15-4-3-10-21-19(15)24-16/h12-13,21,23H,2-11H2,1H3,(H,22,26). The number of allylic oxidation sites excluding steroid dienone is 1. The second-order valence-electron chi connectivity index (χ2n) is 6.89. The van der Waals surface area contributed by atoms with Crippen LogP contribution < -0.4 is 10.6 Å². The first-order valence-electron chi connectivity index (χ1n) is 9.79. The van der Waals surface area contributed by atoms with E-state index in [1.165, 1.54) is 24.1 Å². The van der Waals surface area contributed by atoms with Gasteiger partial charge < -0.3 is 20.4 Å². The number of rotatable bonds is 8. The Morgan fingerprint density at radius 3 is 3.00 bits per heavy atom. The van der Waals surface area contributed by atoms with E-state index in [1.807, 2.05) is 12.3 Å². The fraction of sp³-hybridized carbons (Fsp3) is 0.550. The van der Waals surface area contributed by atoms with E-state index in [1.54, 1.807) is 6.92 Å². The minimum absolute atomic E-state index is 0.179. The summed E-state index contributed by atoms with van der Waals surface area (Å²) in [6.45, 7) is 3.40. The van der Waals surface area contributed by atoms with Gasteiger partial charge in [0, 0.05) is 25.0 Å². The van der Waals surface area contributed by atoms with Crippen LogP contribution >= 0.6 is 0 Å². The molecule has 3 N–H and O–H groups in total. The number of aromatic amines is 1. The largest absolute Gasteiger partial charge is 0.466 e. The Labute approximate surface area is 159 Å². The number of aliphatic imine (C=N–C) groups is 1. The van der Waals surface area contributed by atoms with Gasteiger partial charge in [0.05, 0.1) is 13.0 Å². The van der Waals surface area contributed by atoms with E-state index in [2.05, 4.69) is 15.6 Å². The van der Waals surface area contributed by atoms with Crippen LogP contribution in [-0.4, -0.2) is 42.3 Å². The van der Waals surface area contributed by atoms with Crippen LogP contribution in [0.15, 0.2) is 28.6 Å². The van der Waals surface area contributed by atoms with Crippen LogP contribution in [0.2, 0.25) is 0 Å². The lowest BCUT2D eigenvalue weighted by molar-refractivity contribution is -0.142. The van der Waals surface area contributed by atoms with Gasteiger partial charge in [-0.15, -0.1) is 0 Å². The van der Waals surface area contributed by atoms with Gasteiger partial charge in [0.25, 0.3) is 5.91 Å². The van der Waals surface area contributed by atoms with E-state index in [4.69, 9.17) is 9.73 Å². The van der Waals surface area contributed by atoms with E-state index in [9.17, 15) is 9.59 Å². The van der Waals surface area contributed by atoms with Gasteiger partial charge in [-0.3, -0.25) is 9.59 Å². The maximum atomic E-state index is 12.1. The summed E-state index contributed by atoms with van der Waals surface area (Å²) in [5, 5.41) is 6.13. The molecule has 0 saturated carbocycles.